The molecule has 0 heterocycles. The molecule has 0 saturated carbocycles. The number of hydrogen-bond acceptors (Lipinski definition) is 2. The summed E-state index contributed by atoms with van der Waals surface area (Å²) < 4.78 is 5.40. The highest BCUT2D eigenvalue weighted by Crippen LogP contribution is 2.32. The third kappa shape index (κ3) is 4.39. The monoisotopic (exact) mass is 337 g/mol. The Balaban J connectivity index is 2.16. The van der Waals surface area contributed by atoms with Crippen molar-refractivity contribution in [2.24, 2.45) is 0 Å². The molecule has 4 heteroatoms. The summed E-state index contributed by atoms with van der Waals surface area (Å²) in [6.07, 6.45) is 2.18. The van der Waals surface area contributed by atoms with Gasteiger partial charge in [-0.15, -0.1) is 0 Å². The van der Waals surface area contributed by atoms with Gasteiger partial charge in [0.05, 0.1) is 12.1 Å². The van der Waals surface area contributed by atoms with Crippen molar-refractivity contribution in [3.8, 4) is 5.75 Å². The Hall–Kier alpha value is -1.22. The molecule has 0 spiro atoms. The van der Waals surface area contributed by atoms with Gasteiger partial charge in [-0.25, -0.2) is 0 Å². The normalized spacial score (nSPS) is 12.2. The van der Waals surface area contributed by atoms with Crippen molar-refractivity contribution in [1.82, 2.24) is 5.32 Å². The Labute approximate surface area is 142 Å². The smallest absolute Gasteiger partial charge is 0.142 e. The summed E-state index contributed by atoms with van der Waals surface area (Å²) in [5, 5.41) is 4.75. The number of hydrogen-bond donors (Lipinski definition) is 1. The average Bonchev–Trinajstić information content (AvgIpc) is 2.52. The molecular formula is C18H21Cl2NO. The highest BCUT2D eigenvalue weighted by Gasteiger charge is 2.13. The molecule has 118 valence electrons. The SMILES string of the molecule is CCCC(NCc1cc(Cl)cc(Cl)c1OC)c1ccccc1. The Kier molecular flexibility index (Phi) is 6.56. The van der Waals surface area contributed by atoms with E-state index in [1.807, 2.05) is 12.1 Å². The minimum Gasteiger partial charge on any atom is -0.495 e. The van der Waals surface area contributed by atoms with Crippen LogP contribution >= 0.6 is 23.2 Å². The summed E-state index contributed by atoms with van der Waals surface area (Å²) >= 11 is 12.3. The van der Waals surface area contributed by atoms with Gasteiger partial charge in [-0.3, -0.25) is 0 Å². The van der Waals surface area contributed by atoms with E-state index in [1.54, 1.807) is 13.2 Å². The molecule has 0 saturated heterocycles. The van der Waals surface area contributed by atoms with E-state index in [9.17, 15) is 0 Å². The van der Waals surface area contributed by atoms with Gasteiger partial charge in [-0.2, -0.15) is 0 Å². The summed E-state index contributed by atoms with van der Waals surface area (Å²) in [5.41, 5.74) is 2.26. The Morgan fingerprint density at radius 1 is 1.14 bits per heavy atom. The second-order valence-electron chi connectivity index (χ2n) is 5.21. The van der Waals surface area contributed by atoms with Gasteiger partial charge in [0, 0.05) is 23.2 Å². The molecule has 22 heavy (non-hydrogen) atoms. The predicted molar refractivity (Wildman–Crippen MR) is 93.9 cm³/mol. The van der Waals surface area contributed by atoms with Crippen molar-refractivity contribution in [3.05, 3.63) is 63.6 Å². The highest BCUT2D eigenvalue weighted by molar-refractivity contribution is 6.35. The van der Waals surface area contributed by atoms with Crippen molar-refractivity contribution in [2.45, 2.75) is 32.4 Å². The van der Waals surface area contributed by atoms with Crippen LogP contribution in [-0.4, -0.2) is 7.11 Å². The van der Waals surface area contributed by atoms with Crippen molar-refractivity contribution >= 4 is 23.2 Å². The lowest BCUT2D eigenvalue weighted by Crippen LogP contribution is -2.21. The molecule has 2 nitrogen and oxygen atoms in total. The van der Waals surface area contributed by atoms with Gasteiger partial charge in [0.25, 0.3) is 0 Å². The van der Waals surface area contributed by atoms with Gasteiger partial charge in [-0.05, 0) is 24.1 Å². The van der Waals surface area contributed by atoms with Crippen LogP contribution in [0.5, 0.6) is 5.75 Å². The zero-order valence-corrected chi connectivity index (χ0v) is 14.4. The van der Waals surface area contributed by atoms with Gasteiger partial charge < -0.3 is 10.1 Å². The van der Waals surface area contributed by atoms with Crippen molar-refractivity contribution in [3.63, 3.8) is 0 Å². The summed E-state index contributed by atoms with van der Waals surface area (Å²) in [4.78, 5) is 0. The van der Waals surface area contributed by atoms with Gasteiger partial charge >= 0.3 is 0 Å². The first kappa shape index (κ1) is 17.1. The second kappa shape index (κ2) is 8.42. The fraction of sp³-hybridized carbons (Fsp3) is 0.333. The topological polar surface area (TPSA) is 21.3 Å². The molecule has 0 radical (unpaired) electrons. The average molecular weight is 338 g/mol. The minimum atomic E-state index is 0.300. The van der Waals surface area contributed by atoms with E-state index in [0.717, 1.165) is 18.4 Å². The van der Waals surface area contributed by atoms with E-state index in [0.29, 0.717) is 28.4 Å². The fourth-order valence-corrected chi connectivity index (χ4v) is 3.18. The third-order valence-corrected chi connectivity index (χ3v) is 4.11. The van der Waals surface area contributed by atoms with Crippen LogP contribution in [-0.2, 0) is 6.54 Å². The largest absolute Gasteiger partial charge is 0.495 e. The summed E-state index contributed by atoms with van der Waals surface area (Å²) in [6, 6.07) is 14.4. The molecule has 1 N–H and O–H groups in total. The number of methoxy groups -OCH3 is 1. The first-order chi connectivity index (χ1) is 10.7. The van der Waals surface area contributed by atoms with Crippen LogP contribution in [0.4, 0.5) is 0 Å². The van der Waals surface area contributed by atoms with Crippen LogP contribution in [0.2, 0.25) is 10.0 Å². The molecule has 0 aromatic heterocycles. The maximum atomic E-state index is 6.19. The van der Waals surface area contributed by atoms with Crippen molar-refractivity contribution in [1.29, 1.82) is 0 Å². The van der Waals surface area contributed by atoms with Crippen LogP contribution in [0.25, 0.3) is 0 Å². The summed E-state index contributed by atoms with van der Waals surface area (Å²) in [7, 11) is 1.62. The van der Waals surface area contributed by atoms with Gasteiger partial charge in [0.15, 0.2) is 0 Å². The Bertz CT molecular complexity index is 602. The lowest BCUT2D eigenvalue weighted by molar-refractivity contribution is 0.404. The molecule has 2 rings (SSSR count). The summed E-state index contributed by atoms with van der Waals surface area (Å²) in [5.74, 6) is 0.682. The lowest BCUT2D eigenvalue weighted by Gasteiger charge is -2.20. The molecule has 2 aromatic rings. The third-order valence-electron chi connectivity index (χ3n) is 3.61. The molecular weight excluding hydrogens is 317 g/mol. The Morgan fingerprint density at radius 3 is 2.50 bits per heavy atom. The standard InChI is InChI=1S/C18H21Cl2NO/c1-3-7-17(13-8-5-4-6-9-13)21-12-14-10-15(19)11-16(20)18(14)22-2/h4-6,8-11,17,21H,3,7,12H2,1-2H3. The number of halogens is 2. The zero-order chi connectivity index (χ0) is 15.9. The van der Waals surface area contributed by atoms with Crippen LogP contribution in [0.15, 0.2) is 42.5 Å². The maximum Gasteiger partial charge on any atom is 0.142 e. The van der Waals surface area contributed by atoms with Gasteiger partial charge in [0.2, 0.25) is 0 Å². The molecule has 0 aliphatic heterocycles. The molecule has 0 aliphatic carbocycles. The molecule has 1 unspecified atom stereocenters. The first-order valence-corrected chi connectivity index (χ1v) is 8.21. The van der Waals surface area contributed by atoms with Crippen LogP contribution in [0, 0.1) is 0 Å². The van der Waals surface area contributed by atoms with Crippen LogP contribution < -0.4 is 10.1 Å². The number of benzene rings is 2. The number of ether oxygens (including phenoxy) is 1. The zero-order valence-electron chi connectivity index (χ0n) is 12.9. The number of nitrogens with one attached hydrogen (secondary N) is 1. The molecule has 0 fully saturated rings. The van der Waals surface area contributed by atoms with E-state index in [-0.39, 0.29) is 0 Å². The van der Waals surface area contributed by atoms with Crippen molar-refractivity contribution in [2.75, 3.05) is 7.11 Å². The first-order valence-electron chi connectivity index (χ1n) is 7.46. The maximum absolute atomic E-state index is 6.19. The van der Waals surface area contributed by atoms with E-state index in [1.165, 1.54) is 5.56 Å². The Morgan fingerprint density at radius 2 is 1.86 bits per heavy atom. The van der Waals surface area contributed by atoms with E-state index in [2.05, 4.69) is 36.5 Å². The molecule has 2 aromatic carbocycles. The quantitative estimate of drug-likeness (QED) is 0.706. The molecule has 0 aliphatic rings. The van der Waals surface area contributed by atoms with Crippen LogP contribution in [0.3, 0.4) is 0 Å². The van der Waals surface area contributed by atoms with Crippen molar-refractivity contribution < 1.29 is 4.74 Å². The second-order valence-corrected chi connectivity index (χ2v) is 6.06. The highest BCUT2D eigenvalue weighted by atomic mass is 35.5. The lowest BCUT2D eigenvalue weighted by atomic mass is 10.0. The van der Waals surface area contributed by atoms with E-state index in [4.69, 9.17) is 27.9 Å². The van der Waals surface area contributed by atoms with E-state index >= 15 is 0 Å². The summed E-state index contributed by atoms with van der Waals surface area (Å²) in [6.45, 7) is 2.84. The predicted octanol–water partition coefficient (Wildman–Crippen LogP) is 5.63. The number of rotatable bonds is 7. The van der Waals surface area contributed by atoms with Gasteiger partial charge in [-0.1, -0.05) is 66.9 Å². The minimum absolute atomic E-state index is 0.300. The fourth-order valence-electron chi connectivity index (χ4n) is 2.57. The molecule has 1 atom stereocenters. The van der Waals surface area contributed by atoms with Crippen LogP contribution in [0.1, 0.15) is 36.9 Å². The molecule has 0 amide bonds. The van der Waals surface area contributed by atoms with E-state index < -0.39 is 0 Å². The van der Waals surface area contributed by atoms with Gasteiger partial charge in [0.1, 0.15) is 5.75 Å². The molecule has 0 bridgehead atoms.